The van der Waals surface area contributed by atoms with Gasteiger partial charge in [0, 0.05) is 12.5 Å². The van der Waals surface area contributed by atoms with Crippen molar-refractivity contribution >= 4 is 0 Å². The second kappa shape index (κ2) is 5.44. The highest BCUT2D eigenvalue weighted by atomic mass is 19.1. The fourth-order valence-electron chi connectivity index (χ4n) is 2.39. The van der Waals surface area contributed by atoms with Gasteiger partial charge in [0.15, 0.2) is 5.82 Å². The fraction of sp³-hybridized carbons (Fsp3) is 0.462. The second-order valence-electron chi connectivity index (χ2n) is 4.89. The van der Waals surface area contributed by atoms with Gasteiger partial charge in [0.25, 0.3) is 0 Å². The van der Waals surface area contributed by atoms with Gasteiger partial charge in [-0.1, -0.05) is 6.07 Å². The monoisotopic (exact) mass is 261 g/mol. The molecule has 2 aromatic rings. The van der Waals surface area contributed by atoms with E-state index >= 15 is 0 Å². The van der Waals surface area contributed by atoms with Crippen LogP contribution in [-0.4, -0.2) is 33.3 Å². The molecule has 1 unspecified atom stereocenters. The van der Waals surface area contributed by atoms with Crippen LogP contribution < -0.4 is 5.32 Å². The molecule has 1 aromatic carbocycles. The van der Waals surface area contributed by atoms with Gasteiger partial charge >= 0.3 is 0 Å². The van der Waals surface area contributed by atoms with E-state index in [-0.39, 0.29) is 5.82 Å². The Morgan fingerprint density at radius 3 is 3.16 bits per heavy atom. The first-order chi connectivity index (χ1) is 9.31. The second-order valence-corrected chi connectivity index (χ2v) is 4.89. The Bertz CT molecular complexity index is 547. The zero-order valence-electron chi connectivity index (χ0n) is 10.6. The highest BCUT2D eigenvalue weighted by Crippen LogP contribution is 2.14. The minimum atomic E-state index is -0.298. The zero-order chi connectivity index (χ0) is 13.1. The highest BCUT2D eigenvalue weighted by molar-refractivity contribution is 5.29. The molecule has 1 saturated heterocycles. The van der Waals surface area contributed by atoms with E-state index < -0.39 is 0 Å². The van der Waals surface area contributed by atoms with Gasteiger partial charge in [-0.3, -0.25) is 0 Å². The number of piperidine rings is 1. The number of nitrogens with one attached hydrogen (secondary N) is 1. The van der Waals surface area contributed by atoms with E-state index in [9.17, 15) is 4.39 Å². The molecule has 5 nitrogen and oxygen atoms in total. The Labute approximate surface area is 110 Å². The summed E-state index contributed by atoms with van der Waals surface area (Å²) in [5.41, 5.74) is 0.598. The molecule has 100 valence electrons. The molecule has 1 aliphatic rings. The number of tetrazole rings is 1. The van der Waals surface area contributed by atoms with E-state index in [0.29, 0.717) is 11.6 Å². The lowest BCUT2D eigenvalue weighted by atomic mass is 9.96. The molecular formula is C13H16FN5. The minimum absolute atomic E-state index is 0.298. The number of nitrogens with zero attached hydrogens (tertiary/aromatic N) is 4. The van der Waals surface area contributed by atoms with Crippen molar-refractivity contribution in [1.29, 1.82) is 0 Å². The lowest BCUT2D eigenvalue weighted by Crippen LogP contribution is -2.31. The average Bonchev–Trinajstić information content (AvgIpc) is 2.88. The van der Waals surface area contributed by atoms with Crippen LogP contribution in [-0.2, 0) is 6.42 Å². The Balaban J connectivity index is 1.72. The molecule has 6 heteroatoms. The first-order valence-corrected chi connectivity index (χ1v) is 6.57. The predicted octanol–water partition coefficient (Wildman–Crippen LogP) is 1.34. The van der Waals surface area contributed by atoms with E-state index in [4.69, 9.17) is 0 Å². The number of rotatable bonds is 3. The van der Waals surface area contributed by atoms with Crippen molar-refractivity contribution in [2.24, 2.45) is 5.92 Å². The van der Waals surface area contributed by atoms with Gasteiger partial charge < -0.3 is 5.32 Å². The van der Waals surface area contributed by atoms with Crippen molar-refractivity contribution in [3.05, 3.63) is 35.9 Å². The van der Waals surface area contributed by atoms with Gasteiger partial charge in [0.1, 0.15) is 5.82 Å². The van der Waals surface area contributed by atoms with Gasteiger partial charge in [0.2, 0.25) is 0 Å². The standard InChI is InChI=1S/C13H16FN5/c14-11-4-1-5-12(8-11)19-17-13(16-18-19)7-10-3-2-6-15-9-10/h1,4-5,8,10,15H,2-3,6-7,9H2. The molecule has 0 amide bonds. The Morgan fingerprint density at radius 1 is 1.42 bits per heavy atom. The molecule has 1 aromatic heterocycles. The quantitative estimate of drug-likeness (QED) is 0.906. The SMILES string of the molecule is Fc1cccc(-n2nnc(CC3CCCNC3)n2)c1. The first kappa shape index (κ1) is 12.2. The molecule has 1 fully saturated rings. The van der Waals surface area contributed by atoms with Crippen LogP contribution in [0.3, 0.4) is 0 Å². The highest BCUT2D eigenvalue weighted by Gasteiger charge is 2.16. The van der Waals surface area contributed by atoms with Crippen LogP contribution in [0.5, 0.6) is 0 Å². The van der Waals surface area contributed by atoms with Crippen molar-refractivity contribution in [2.75, 3.05) is 13.1 Å². The maximum Gasteiger partial charge on any atom is 0.175 e. The number of aromatic nitrogens is 4. The smallest absolute Gasteiger partial charge is 0.175 e. The maximum atomic E-state index is 13.1. The van der Waals surface area contributed by atoms with Crippen molar-refractivity contribution in [3.8, 4) is 5.69 Å². The van der Waals surface area contributed by atoms with Crippen molar-refractivity contribution in [1.82, 2.24) is 25.5 Å². The number of hydrogen-bond donors (Lipinski definition) is 1. The molecule has 0 aliphatic carbocycles. The largest absolute Gasteiger partial charge is 0.316 e. The van der Waals surface area contributed by atoms with Crippen LogP contribution >= 0.6 is 0 Å². The van der Waals surface area contributed by atoms with Crippen molar-refractivity contribution in [3.63, 3.8) is 0 Å². The summed E-state index contributed by atoms with van der Waals surface area (Å²) < 4.78 is 13.1. The van der Waals surface area contributed by atoms with Crippen LogP contribution in [0.15, 0.2) is 24.3 Å². The summed E-state index contributed by atoms with van der Waals surface area (Å²) in [6, 6.07) is 6.19. The summed E-state index contributed by atoms with van der Waals surface area (Å²) in [4.78, 5) is 1.38. The molecule has 2 heterocycles. The topological polar surface area (TPSA) is 55.6 Å². The zero-order valence-corrected chi connectivity index (χ0v) is 10.6. The summed E-state index contributed by atoms with van der Waals surface area (Å²) in [7, 11) is 0. The molecule has 3 rings (SSSR count). The molecule has 1 aliphatic heterocycles. The molecule has 1 N–H and O–H groups in total. The molecular weight excluding hydrogens is 245 g/mol. The van der Waals surface area contributed by atoms with E-state index in [0.717, 1.165) is 25.3 Å². The van der Waals surface area contributed by atoms with Gasteiger partial charge in [-0.25, -0.2) is 4.39 Å². The van der Waals surface area contributed by atoms with Crippen LogP contribution in [0.4, 0.5) is 4.39 Å². The van der Waals surface area contributed by atoms with Crippen molar-refractivity contribution in [2.45, 2.75) is 19.3 Å². The van der Waals surface area contributed by atoms with Crippen LogP contribution in [0.1, 0.15) is 18.7 Å². The number of benzene rings is 1. The van der Waals surface area contributed by atoms with Crippen molar-refractivity contribution < 1.29 is 4.39 Å². The summed E-state index contributed by atoms with van der Waals surface area (Å²) in [6.07, 6.45) is 3.21. The molecule has 1 atom stereocenters. The first-order valence-electron chi connectivity index (χ1n) is 6.57. The van der Waals surface area contributed by atoms with Crippen LogP contribution in [0.2, 0.25) is 0 Å². The number of halogens is 1. The normalized spacial score (nSPS) is 19.5. The lowest BCUT2D eigenvalue weighted by Gasteiger charge is -2.20. The van der Waals surface area contributed by atoms with E-state index in [1.807, 2.05) is 0 Å². The Morgan fingerprint density at radius 2 is 2.37 bits per heavy atom. The molecule has 0 spiro atoms. The average molecular weight is 261 g/mol. The lowest BCUT2D eigenvalue weighted by molar-refractivity contribution is 0.370. The summed E-state index contributed by atoms with van der Waals surface area (Å²) in [5, 5.41) is 15.7. The van der Waals surface area contributed by atoms with Crippen LogP contribution in [0.25, 0.3) is 5.69 Å². The third-order valence-electron chi connectivity index (χ3n) is 3.36. The summed E-state index contributed by atoms with van der Waals surface area (Å²) in [5.74, 6) is 0.990. The van der Waals surface area contributed by atoms with Gasteiger partial charge in [-0.2, -0.15) is 0 Å². The van der Waals surface area contributed by atoms with E-state index in [2.05, 4.69) is 20.7 Å². The van der Waals surface area contributed by atoms with E-state index in [1.165, 1.54) is 29.8 Å². The van der Waals surface area contributed by atoms with E-state index in [1.54, 1.807) is 12.1 Å². The predicted molar refractivity (Wildman–Crippen MR) is 68.4 cm³/mol. The Hall–Kier alpha value is -1.82. The minimum Gasteiger partial charge on any atom is -0.316 e. The molecule has 0 radical (unpaired) electrons. The van der Waals surface area contributed by atoms with Gasteiger partial charge in [-0.15, -0.1) is 15.0 Å². The third-order valence-corrected chi connectivity index (χ3v) is 3.36. The molecule has 19 heavy (non-hydrogen) atoms. The third kappa shape index (κ3) is 2.96. The number of hydrogen-bond acceptors (Lipinski definition) is 4. The van der Waals surface area contributed by atoms with Crippen LogP contribution in [0, 0.1) is 11.7 Å². The summed E-state index contributed by atoms with van der Waals surface area (Å²) >= 11 is 0. The Kier molecular flexibility index (Phi) is 3.50. The van der Waals surface area contributed by atoms with Gasteiger partial charge in [-0.05, 0) is 49.2 Å². The molecule has 0 bridgehead atoms. The molecule has 0 saturated carbocycles. The summed E-state index contributed by atoms with van der Waals surface area (Å²) in [6.45, 7) is 2.11. The van der Waals surface area contributed by atoms with Gasteiger partial charge in [0.05, 0.1) is 5.69 Å². The fourth-order valence-corrected chi connectivity index (χ4v) is 2.39. The maximum absolute atomic E-state index is 13.1.